The minimum Gasteiger partial charge on any atom is -0.494 e. The summed E-state index contributed by atoms with van der Waals surface area (Å²) >= 11 is 1.21. The first-order chi connectivity index (χ1) is 44.5. The number of aryl methyl sites for hydroxylation is 2. The van der Waals surface area contributed by atoms with Gasteiger partial charge < -0.3 is 45.8 Å². The van der Waals surface area contributed by atoms with Crippen molar-refractivity contribution in [2.24, 2.45) is 0 Å². The van der Waals surface area contributed by atoms with Gasteiger partial charge >= 0.3 is 17.9 Å². The Hall–Kier alpha value is -7.95. The van der Waals surface area contributed by atoms with E-state index in [2.05, 4.69) is 38.0 Å². The molecular weight excluding hydrogens is 1230 g/mol. The molecule has 93 heavy (non-hydrogen) atoms. The van der Waals surface area contributed by atoms with Crippen molar-refractivity contribution < 1.29 is 76.8 Å². The SMILES string of the molecule is Cc1ccc(CCCC(=O)NCCCC[C@@H](CSC2CC(=O)N(CC(=O)N3CCN(CCCOc4ccc5nccc(C(=O)NCC(=O)N6CC(F)(F)C[C@@H]6C#N)c5c4)CC3)C2=O)NC(=O)CN2CCN(CC(=O)O)CCN(CC(=O)O)CCN(CC(=O)O)CC2)cc1. The lowest BCUT2D eigenvalue weighted by atomic mass is 10.1. The fourth-order valence-corrected chi connectivity index (χ4v) is 12.8. The molecule has 0 saturated carbocycles. The van der Waals surface area contributed by atoms with E-state index in [9.17, 15) is 77.3 Å². The number of carbonyl (C=O) groups is 10. The number of fused-ring (bicyclic) bond motifs is 1. The number of unbranched alkanes of at least 4 members (excludes halogenated alkanes) is 1. The van der Waals surface area contributed by atoms with Crippen LogP contribution in [-0.4, -0.2) is 292 Å². The van der Waals surface area contributed by atoms with E-state index in [1.165, 1.54) is 24.0 Å². The second-order valence-electron chi connectivity index (χ2n) is 24.0. The molecule has 4 aliphatic heterocycles. The molecular formula is C63H85F2N13O14S. The van der Waals surface area contributed by atoms with Gasteiger partial charge in [0.15, 0.2) is 0 Å². The quantitative estimate of drug-likeness (QED) is 0.0388. The number of aliphatic carboxylic acids is 3. The highest BCUT2D eigenvalue weighted by Gasteiger charge is 2.47. The highest BCUT2D eigenvalue weighted by molar-refractivity contribution is 8.00. The van der Waals surface area contributed by atoms with Crippen molar-refractivity contribution in [3.05, 3.63) is 71.4 Å². The smallest absolute Gasteiger partial charge is 0.317 e. The van der Waals surface area contributed by atoms with Crippen LogP contribution < -0.4 is 20.7 Å². The number of benzene rings is 2. The maximum absolute atomic E-state index is 14.1. The summed E-state index contributed by atoms with van der Waals surface area (Å²) in [4.78, 5) is 146. The third-order valence-corrected chi connectivity index (χ3v) is 18.1. The molecule has 5 heterocycles. The number of halogens is 2. The van der Waals surface area contributed by atoms with Crippen molar-refractivity contribution in [3.8, 4) is 11.8 Å². The summed E-state index contributed by atoms with van der Waals surface area (Å²) in [5.41, 5.74) is 2.97. The highest BCUT2D eigenvalue weighted by atomic mass is 32.2. The fourth-order valence-electron chi connectivity index (χ4n) is 11.6. The molecule has 27 nitrogen and oxygen atoms in total. The van der Waals surface area contributed by atoms with Crippen LogP contribution in [-0.2, 0) is 49.6 Å². The van der Waals surface area contributed by atoms with Gasteiger partial charge in [0.1, 0.15) is 18.3 Å². The van der Waals surface area contributed by atoms with E-state index in [1.807, 2.05) is 24.0 Å². The molecule has 1 aromatic heterocycles. The summed E-state index contributed by atoms with van der Waals surface area (Å²) in [5.74, 6) is -9.01. The summed E-state index contributed by atoms with van der Waals surface area (Å²) in [6.07, 6.45) is 4.56. The lowest BCUT2D eigenvalue weighted by Crippen LogP contribution is -2.52. The van der Waals surface area contributed by atoms with Crippen LogP contribution in [0.4, 0.5) is 8.78 Å². The topological polar surface area (TPSA) is 339 Å². The van der Waals surface area contributed by atoms with Crippen molar-refractivity contribution in [3.63, 3.8) is 0 Å². The lowest BCUT2D eigenvalue weighted by Gasteiger charge is -2.35. The van der Waals surface area contributed by atoms with Crippen LogP contribution in [0.5, 0.6) is 5.75 Å². The van der Waals surface area contributed by atoms with Crippen molar-refractivity contribution in [1.29, 1.82) is 5.26 Å². The maximum atomic E-state index is 14.1. The summed E-state index contributed by atoms with van der Waals surface area (Å²) in [6, 6.07) is 14.6. The van der Waals surface area contributed by atoms with Gasteiger partial charge in [-0.1, -0.05) is 29.8 Å². The van der Waals surface area contributed by atoms with Crippen LogP contribution >= 0.6 is 11.8 Å². The second kappa shape index (κ2) is 35.9. The van der Waals surface area contributed by atoms with Crippen molar-refractivity contribution >= 4 is 81.9 Å². The van der Waals surface area contributed by atoms with Crippen LogP contribution in [0.3, 0.4) is 0 Å². The molecule has 7 amide bonds. The van der Waals surface area contributed by atoms with E-state index in [0.717, 1.165) is 27.3 Å². The Bertz CT molecular complexity index is 3120. The van der Waals surface area contributed by atoms with Gasteiger partial charge in [-0.2, -0.15) is 5.26 Å². The zero-order chi connectivity index (χ0) is 67.0. The zero-order valence-electron chi connectivity index (χ0n) is 52.5. The van der Waals surface area contributed by atoms with Crippen molar-refractivity contribution in [2.75, 3.05) is 150 Å². The number of thioether (sulfide) groups is 1. The molecule has 30 heteroatoms. The molecule has 3 aromatic rings. The van der Waals surface area contributed by atoms with Crippen LogP contribution in [0.15, 0.2) is 54.7 Å². The maximum Gasteiger partial charge on any atom is 0.317 e. The summed E-state index contributed by atoms with van der Waals surface area (Å²) in [7, 11) is 0. The number of carboxylic acid groups (broad SMARTS) is 3. The molecule has 6 N–H and O–H groups in total. The van der Waals surface area contributed by atoms with E-state index in [1.54, 1.807) is 43.9 Å². The molecule has 506 valence electrons. The van der Waals surface area contributed by atoms with E-state index in [-0.39, 0.29) is 114 Å². The van der Waals surface area contributed by atoms with Crippen molar-refractivity contribution in [2.45, 2.75) is 88.0 Å². The molecule has 4 aliphatic rings. The third-order valence-electron chi connectivity index (χ3n) is 16.7. The normalized spacial score (nSPS) is 19.3. The van der Waals surface area contributed by atoms with Gasteiger partial charge in [0.2, 0.25) is 35.4 Å². The number of pyridine rings is 1. The number of ether oxygens (including phenoxy) is 1. The molecule has 0 bridgehead atoms. The molecule has 0 aliphatic carbocycles. The molecule has 0 radical (unpaired) electrons. The Balaban J connectivity index is 0.878. The molecule has 2 aromatic carbocycles. The molecule has 7 rings (SSSR count). The average Bonchev–Trinajstić information content (AvgIpc) is 1.78. The first-order valence-corrected chi connectivity index (χ1v) is 32.5. The Morgan fingerprint density at radius 3 is 1.96 bits per heavy atom. The molecule has 0 spiro atoms. The number of hydrogen-bond donors (Lipinski definition) is 6. The van der Waals surface area contributed by atoms with E-state index in [0.29, 0.717) is 101 Å². The minimum absolute atomic E-state index is 0.0710. The van der Waals surface area contributed by atoms with E-state index >= 15 is 0 Å². The molecule has 4 saturated heterocycles. The number of alkyl halides is 2. The Morgan fingerprint density at radius 1 is 0.731 bits per heavy atom. The number of carbonyl (C=O) groups excluding carboxylic acids is 7. The van der Waals surface area contributed by atoms with Gasteiger partial charge in [-0.25, -0.2) is 8.78 Å². The number of piperazine rings is 1. The van der Waals surface area contributed by atoms with Gasteiger partial charge in [-0.05, 0) is 75.3 Å². The summed E-state index contributed by atoms with van der Waals surface area (Å²) in [5, 5.41) is 46.4. The number of nitrogens with one attached hydrogen (secondary N) is 3. The van der Waals surface area contributed by atoms with Crippen LogP contribution in [0.2, 0.25) is 0 Å². The summed E-state index contributed by atoms with van der Waals surface area (Å²) in [6.45, 7) is 3.84. The van der Waals surface area contributed by atoms with E-state index < -0.39 is 90.8 Å². The average molecular weight is 1320 g/mol. The number of imide groups is 1. The fraction of sp³-hybridized carbons (Fsp3) is 0.587. The Labute approximate surface area is 543 Å². The predicted octanol–water partition coefficient (Wildman–Crippen LogP) is 1.08. The van der Waals surface area contributed by atoms with Crippen LogP contribution in [0.25, 0.3) is 10.9 Å². The number of aromatic nitrogens is 1. The molecule has 4 fully saturated rings. The van der Waals surface area contributed by atoms with Gasteiger partial charge in [0.05, 0.1) is 68.3 Å². The highest BCUT2D eigenvalue weighted by Crippen LogP contribution is 2.32. The number of rotatable bonds is 31. The Kier molecular flexibility index (Phi) is 28.0. The first kappa shape index (κ1) is 72.5. The zero-order valence-corrected chi connectivity index (χ0v) is 53.3. The molecule has 3 atom stereocenters. The number of amides is 7. The molecule has 1 unspecified atom stereocenters. The first-order valence-electron chi connectivity index (χ1n) is 31.5. The number of nitriles is 1. The van der Waals surface area contributed by atoms with Gasteiger partial charge in [-0.3, -0.25) is 82.3 Å². The number of likely N-dealkylation sites (tertiary alicyclic amines) is 2. The van der Waals surface area contributed by atoms with Crippen LogP contribution in [0, 0.1) is 18.3 Å². The Morgan fingerprint density at radius 2 is 1.34 bits per heavy atom. The standard InChI is InChI=1S/C63H85F2N13O14S/c1-44-9-11-45(12-10-44)6-4-8-53(79)68-16-3-2-7-46(70-54(80)37-72-19-21-73(39-58(84)85)23-25-75(41-60(88)89)26-24-74(22-20-72)40-59(86)87)42-93-52-33-55(81)77(62(52)91)38-57(83)76-29-27-71(28-30-76)18-5-31-92-48-13-14-51-50(32-48)49(15-17-67-51)61(90)69-36-56(82)78-43-63(64,65)34-47(78)35-66/h9-15,17,32,46-47,52H,2-8,16,18-31,33-34,36-43H2,1H3,(H,68,79)(H,69,90)(H,70,80)(H,84,85)(H,86,87)(H,88,89)/t46-,47+,52?/m0/s1. The number of hydrogen-bond acceptors (Lipinski definition) is 19. The monoisotopic (exact) mass is 1320 g/mol. The summed E-state index contributed by atoms with van der Waals surface area (Å²) < 4.78 is 33.9. The van der Waals surface area contributed by atoms with Gasteiger partial charge in [0, 0.05) is 134 Å². The van der Waals surface area contributed by atoms with Crippen molar-refractivity contribution in [1.82, 2.24) is 60.1 Å². The number of carboxylic acids is 3. The lowest BCUT2D eigenvalue weighted by molar-refractivity contribution is -0.146. The van der Waals surface area contributed by atoms with Crippen LogP contribution in [0.1, 0.15) is 72.9 Å². The predicted molar refractivity (Wildman–Crippen MR) is 337 cm³/mol. The largest absolute Gasteiger partial charge is 0.494 e. The van der Waals surface area contributed by atoms with Gasteiger partial charge in [0.25, 0.3) is 11.8 Å². The van der Waals surface area contributed by atoms with E-state index in [4.69, 9.17) is 4.74 Å². The minimum atomic E-state index is -3.19. The number of nitrogens with zero attached hydrogens (tertiary/aromatic N) is 10. The second-order valence-corrected chi connectivity index (χ2v) is 25.2. The van der Waals surface area contributed by atoms with Gasteiger partial charge in [-0.15, -0.1) is 11.8 Å². The third kappa shape index (κ3) is 23.8.